The molecule has 5 heteroatoms. The van der Waals surface area contributed by atoms with E-state index in [1.807, 2.05) is 24.1 Å². The number of likely N-dealkylation sites (N-methyl/N-ethyl adjacent to an activating group) is 1. The summed E-state index contributed by atoms with van der Waals surface area (Å²) in [7, 11) is 1.84. The first-order chi connectivity index (χ1) is 11.6. The first-order valence-corrected chi connectivity index (χ1v) is 8.98. The molecular weight excluding hydrogens is 302 g/mol. The lowest BCUT2D eigenvalue weighted by Crippen LogP contribution is -2.42. The van der Waals surface area contributed by atoms with E-state index in [0.717, 1.165) is 19.3 Å². The van der Waals surface area contributed by atoms with Crippen molar-refractivity contribution in [3.8, 4) is 0 Å². The largest absolute Gasteiger partial charge is 0.345 e. The Morgan fingerprint density at radius 3 is 2.42 bits per heavy atom. The molecule has 1 aromatic rings. The lowest BCUT2D eigenvalue weighted by Gasteiger charge is -2.34. The molecule has 0 aromatic carbocycles. The Morgan fingerprint density at radius 1 is 1.12 bits per heavy atom. The molecule has 0 unspecified atom stereocenters. The number of nitrogens with zero attached hydrogens (tertiary/aromatic N) is 3. The molecule has 0 aliphatic heterocycles. The summed E-state index contributed by atoms with van der Waals surface area (Å²) in [5, 5.41) is 0. The van der Waals surface area contributed by atoms with E-state index in [4.69, 9.17) is 0 Å². The number of hydrogen-bond donors (Lipinski definition) is 0. The van der Waals surface area contributed by atoms with Gasteiger partial charge < -0.3 is 9.80 Å². The third kappa shape index (κ3) is 5.62. The molecule has 0 radical (unpaired) electrons. The van der Waals surface area contributed by atoms with Crippen LogP contribution in [0.25, 0.3) is 0 Å². The summed E-state index contributed by atoms with van der Waals surface area (Å²) in [5.41, 5.74) is 1.18. The maximum atomic E-state index is 12.3. The van der Waals surface area contributed by atoms with Gasteiger partial charge in [0, 0.05) is 51.9 Å². The molecule has 2 rings (SSSR count). The Balaban J connectivity index is 1.78. The summed E-state index contributed by atoms with van der Waals surface area (Å²) in [6.07, 6.45) is 10.6. The SMILES string of the molecule is CC(=O)N(CCC(=O)N(C)CCc1ccncc1)C1CCCCC1. The lowest BCUT2D eigenvalue weighted by atomic mass is 9.94. The summed E-state index contributed by atoms with van der Waals surface area (Å²) in [6.45, 7) is 2.84. The van der Waals surface area contributed by atoms with Crippen LogP contribution in [0.15, 0.2) is 24.5 Å². The highest BCUT2D eigenvalue weighted by atomic mass is 16.2. The van der Waals surface area contributed by atoms with E-state index in [1.54, 1.807) is 24.2 Å². The molecule has 0 N–H and O–H groups in total. The second-order valence-electron chi connectivity index (χ2n) is 6.68. The van der Waals surface area contributed by atoms with Gasteiger partial charge in [0.25, 0.3) is 0 Å². The summed E-state index contributed by atoms with van der Waals surface area (Å²) in [5.74, 6) is 0.195. The molecule has 24 heavy (non-hydrogen) atoms. The maximum Gasteiger partial charge on any atom is 0.224 e. The standard InChI is InChI=1S/C19H29N3O2/c1-16(23)22(18-6-4-3-5-7-18)15-11-19(24)21(2)14-10-17-8-12-20-13-9-17/h8-9,12-13,18H,3-7,10-11,14-15H2,1-2H3. The lowest BCUT2D eigenvalue weighted by molar-refractivity contribution is -0.134. The van der Waals surface area contributed by atoms with E-state index in [1.165, 1.54) is 24.8 Å². The van der Waals surface area contributed by atoms with Gasteiger partial charge in [0.2, 0.25) is 11.8 Å². The van der Waals surface area contributed by atoms with Crippen molar-refractivity contribution in [2.75, 3.05) is 20.1 Å². The minimum Gasteiger partial charge on any atom is -0.345 e. The Labute approximate surface area is 145 Å². The minimum atomic E-state index is 0.0918. The monoisotopic (exact) mass is 331 g/mol. The summed E-state index contributed by atoms with van der Waals surface area (Å²) in [4.78, 5) is 32.0. The molecule has 1 heterocycles. The van der Waals surface area contributed by atoms with Crippen LogP contribution >= 0.6 is 0 Å². The zero-order valence-corrected chi connectivity index (χ0v) is 14.9. The normalized spacial score (nSPS) is 15.1. The summed E-state index contributed by atoms with van der Waals surface area (Å²) in [6, 6.07) is 4.27. The van der Waals surface area contributed by atoms with E-state index >= 15 is 0 Å². The fourth-order valence-corrected chi connectivity index (χ4v) is 3.37. The van der Waals surface area contributed by atoms with Gasteiger partial charge in [-0.3, -0.25) is 14.6 Å². The second-order valence-corrected chi connectivity index (χ2v) is 6.68. The van der Waals surface area contributed by atoms with Crippen molar-refractivity contribution in [2.24, 2.45) is 0 Å². The predicted molar refractivity (Wildman–Crippen MR) is 94.5 cm³/mol. The highest BCUT2D eigenvalue weighted by Crippen LogP contribution is 2.23. The van der Waals surface area contributed by atoms with Crippen LogP contribution in [-0.4, -0.2) is 52.8 Å². The molecule has 1 aliphatic rings. The molecule has 5 nitrogen and oxygen atoms in total. The maximum absolute atomic E-state index is 12.3. The van der Waals surface area contributed by atoms with Crippen molar-refractivity contribution in [3.05, 3.63) is 30.1 Å². The first-order valence-electron chi connectivity index (χ1n) is 8.98. The molecule has 1 saturated carbocycles. The number of carbonyl (C=O) groups is 2. The fraction of sp³-hybridized carbons (Fsp3) is 0.632. The summed E-state index contributed by atoms with van der Waals surface area (Å²) < 4.78 is 0. The first kappa shape index (κ1) is 18.4. The molecule has 0 atom stereocenters. The van der Waals surface area contributed by atoms with Gasteiger partial charge in [-0.1, -0.05) is 19.3 Å². The number of rotatable bonds is 7. The quantitative estimate of drug-likeness (QED) is 0.772. The molecule has 0 saturated heterocycles. The second kappa shape index (κ2) is 9.40. The van der Waals surface area contributed by atoms with Gasteiger partial charge in [-0.05, 0) is 37.0 Å². The van der Waals surface area contributed by atoms with Crippen LogP contribution in [0.5, 0.6) is 0 Å². The van der Waals surface area contributed by atoms with Crippen LogP contribution in [0, 0.1) is 0 Å². The smallest absolute Gasteiger partial charge is 0.224 e. The highest BCUT2D eigenvalue weighted by Gasteiger charge is 2.24. The Morgan fingerprint density at radius 2 is 1.79 bits per heavy atom. The van der Waals surface area contributed by atoms with Gasteiger partial charge in [0.05, 0.1) is 0 Å². The van der Waals surface area contributed by atoms with Gasteiger partial charge in [-0.15, -0.1) is 0 Å². The number of aromatic nitrogens is 1. The van der Waals surface area contributed by atoms with Crippen LogP contribution in [0.3, 0.4) is 0 Å². The molecule has 2 amide bonds. The van der Waals surface area contributed by atoms with E-state index < -0.39 is 0 Å². The minimum absolute atomic E-state index is 0.0918. The highest BCUT2D eigenvalue weighted by molar-refractivity contribution is 5.78. The predicted octanol–water partition coefficient (Wildman–Crippen LogP) is 2.65. The number of pyridine rings is 1. The van der Waals surface area contributed by atoms with Crippen LogP contribution in [-0.2, 0) is 16.0 Å². The van der Waals surface area contributed by atoms with Crippen molar-refractivity contribution in [3.63, 3.8) is 0 Å². The van der Waals surface area contributed by atoms with Crippen LogP contribution < -0.4 is 0 Å². The van der Waals surface area contributed by atoms with Crippen LogP contribution in [0.1, 0.15) is 51.0 Å². The van der Waals surface area contributed by atoms with Crippen molar-refractivity contribution in [2.45, 2.75) is 57.9 Å². The third-order valence-corrected chi connectivity index (χ3v) is 4.90. The van der Waals surface area contributed by atoms with Gasteiger partial charge in [0.15, 0.2) is 0 Å². The van der Waals surface area contributed by atoms with Gasteiger partial charge in [-0.2, -0.15) is 0 Å². The fourth-order valence-electron chi connectivity index (χ4n) is 3.37. The van der Waals surface area contributed by atoms with E-state index in [-0.39, 0.29) is 11.8 Å². The topological polar surface area (TPSA) is 53.5 Å². The zero-order valence-electron chi connectivity index (χ0n) is 14.9. The van der Waals surface area contributed by atoms with Gasteiger partial charge in [0.1, 0.15) is 0 Å². The van der Waals surface area contributed by atoms with Crippen molar-refractivity contribution < 1.29 is 9.59 Å². The number of carbonyl (C=O) groups excluding carboxylic acids is 2. The average molecular weight is 331 g/mol. The summed E-state index contributed by atoms with van der Waals surface area (Å²) >= 11 is 0. The third-order valence-electron chi connectivity index (χ3n) is 4.90. The van der Waals surface area contributed by atoms with Crippen LogP contribution in [0.2, 0.25) is 0 Å². The van der Waals surface area contributed by atoms with E-state index in [9.17, 15) is 9.59 Å². The number of amides is 2. The van der Waals surface area contributed by atoms with Gasteiger partial charge >= 0.3 is 0 Å². The molecule has 132 valence electrons. The molecule has 0 spiro atoms. The average Bonchev–Trinajstić information content (AvgIpc) is 2.61. The van der Waals surface area contributed by atoms with Crippen LogP contribution in [0.4, 0.5) is 0 Å². The van der Waals surface area contributed by atoms with E-state index in [0.29, 0.717) is 25.6 Å². The van der Waals surface area contributed by atoms with E-state index in [2.05, 4.69) is 4.98 Å². The molecular formula is C19H29N3O2. The van der Waals surface area contributed by atoms with Crippen molar-refractivity contribution in [1.82, 2.24) is 14.8 Å². The molecule has 1 aromatic heterocycles. The van der Waals surface area contributed by atoms with Gasteiger partial charge in [-0.25, -0.2) is 0 Å². The number of hydrogen-bond acceptors (Lipinski definition) is 3. The molecule has 0 bridgehead atoms. The molecule has 1 fully saturated rings. The Kier molecular flexibility index (Phi) is 7.22. The van der Waals surface area contributed by atoms with Crippen molar-refractivity contribution >= 4 is 11.8 Å². The zero-order chi connectivity index (χ0) is 17.4. The Bertz CT molecular complexity index is 527. The van der Waals surface area contributed by atoms with Crippen molar-refractivity contribution in [1.29, 1.82) is 0 Å². The molecule has 1 aliphatic carbocycles. The Hall–Kier alpha value is -1.91.